The van der Waals surface area contributed by atoms with Crippen LogP contribution in [0.5, 0.6) is 0 Å². The zero-order chi connectivity index (χ0) is 20.6. The number of carbonyl (C=O) groups excluding carboxylic acids is 4. The van der Waals surface area contributed by atoms with E-state index in [1.165, 1.54) is 0 Å². The maximum absolute atomic E-state index is 9.59. The van der Waals surface area contributed by atoms with Crippen molar-refractivity contribution < 1.29 is 59.1 Å². The molecule has 0 saturated carbocycles. The third kappa shape index (κ3) is 45.0. The first-order valence-corrected chi connectivity index (χ1v) is 7.41. The molecule has 0 rings (SSSR count). The van der Waals surface area contributed by atoms with Crippen molar-refractivity contribution in [2.45, 2.75) is 55.4 Å². The zero-order valence-electron chi connectivity index (χ0n) is 15.9. The van der Waals surface area contributed by atoms with Gasteiger partial charge in [-0.1, -0.05) is 55.4 Å². The minimum atomic E-state index is -0.991. The molecular formula is C16H28O8Ru. The molecule has 0 aliphatic rings. The molecule has 9 heteroatoms. The first kappa shape index (κ1) is 34.8. The molecule has 0 aromatic carbocycles. The molecule has 0 fully saturated rings. The fourth-order valence-corrected chi connectivity index (χ4v) is 0. The van der Waals surface area contributed by atoms with E-state index in [9.17, 15) is 39.6 Å². The Kier molecular flexibility index (Phi) is 28.6. The fourth-order valence-electron chi connectivity index (χ4n) is 0. The van der Waals surface area contributed by atoms with Crippen molar-refractivity contribution >= 4 is 23.9 Å². The molecule has 0 heterocycles. The van der Waals surface area contributed by atoms with Crippen molar-refractivity contribution in [1.29, 1.82) is 0 Å². The second-order valence-corrected chi connectivity index (χ2v) is 5.89. The maximum atomic E-state index is 9.59. The van der Waals surface area contributed by atoms with E-state index in [4.69, 9.17) is 0 Å². The fraction of sp³-hybridized carbons (Fsp3) is 0.750. The van der Waals surface area contributed by atoms with Crippen LogP contribution in [0.15, 0.2) is 0 Å². The van der Waals surface area contributed by atoms with Crippen LogP contribution in [-0.2, 0) is 38.7 Å². The first-order valence-electron chi connectivity index (χ1n) is 7.41. The van der Waals surface area contributed by atoms with Crippen LogP contribution in [0.4, 0.5) is 0 Å². The summed E-state index contributed by atoms with van der Waals surface area (Å²) in [6.07, 6.45) is 0. The van der Waals surface area contributed by atoms with E-state index in [1.54, 1.807) is 55.4 Å². The average molecular weight is 449 g/mol. The number of aliphatic carboxylic acids is 4. The van der Waals surface area contributed by atoms with Gasteiger partial charge in [0.15, 0.2) is 0 Å². The zero-order valence-corrected chi connectivity index (χ0v) is 17.7. The number of carboxylic acid groups (broad SMARTS) is 4. The number of rotatable bonds is 4. The van der Waals surface area contributed by atoms with E-state index in [-0.39, 0.29) is 43.1 Å². The molecule has 8 nitrogen and oxygen atoms in total. The molecule has 0 aromatic rings. The molecule has 25 heavy (non-hydrogen) atoms. The summed E-state index contributed by atoms with van der Waals surface area (Å²) in [5.74, 6) is -5.33. The molecule has 0 radical (unpaired) electrons. The quantitative estimate of drug-likeness (QED) is 0.428. The Morgan fingerprint density at radius 1 is 0.440 bits per heavy atom. The normalized spacial score (nSPS) is 8.80. The monoisotopic (exact) mass is 450 g/mol. The van der Waals surface area contributed by atoms with Gasteiger partial charge in [0.25, 0.3) is 0 Å². The van der Waals surface area contributed by atoms with Crippen molar-refractivity contribution in [2.24, 2.45) is 23.7 Å². The maximum Gasteiger partial charge on any atom is 4.00 e. The number of carbonyl (C=O) groups is 4. The summed E-state index contributed by atoms with van der Waals surface area (Å²) in [5.41, 5.74) is 0. The largest absolute Gasteiger partial charge is 4.00 e. The van der Waals surface area contributed by atoms with E-state index in [2.05, 4.69) is 0 Å². The van der Waals surface area contributed by atoms with Crippen molar-refractivity contribution in [3.05, 3.63) is 0 Å². The van der Waals surface area contributed by atoms with Crippen molar-refractivity contribution in [2.75, 3.05) is 0 Å². The molecule has 0 amide bonds. The van der Waals surface area contributed by atoms with E-state index < -0.39 is 23.9 Å². The molecule has 0 bridgehead atoms. The Labute approximate surface area is 162 Å². The third-order valence-corrected chi connectivity index (χ3v) is 1.89. The standard InChI is InChI=1S/4C4H8O2.Ru/c4*1-3(2)4(5)6;/h4*3H,1-2H3,(H,5,6);/q;;;;+4/p-4. The number of hydrogen-bond acceptors (Lipinski definition) is 8. The number of carboxylic acids is 4. The molecule has 0 saturated heterocycles. The summed E-state index contributed by atoms with van der Waals surface area (Å²) in [6.45, 7) is 12.6. The van der Waals surface area contributed by atoms with Gasteiger partial charge < -0.3 is 39.6 Å². The molecular weight excluding hydrogens is 421 g/mol. The van der Waals surface area contributed by atoms with Gasteiger partial charge in [-0.2, -0.15) is 0 Å². The van der Waals surface area contributed by atoms with Gasteiger partial charge in [0.05, 0.1) is 0 Å². The van der Waals surface area contributed by atoms with Gasteiger partial charge in [0.1, 0.15) is 0 Å². The van der Waals surface area contributed by atoms with Gasteiger partial charge >= 0.3 is 19.5 Å². The third-order valence-electron chi connectivity index (χ3n) is 1.89. The molecule has 0 atom stereocenters. The summed E-state index contributed by atoms with van der Waals surface area (Å²) in [5, 5.41) is 38.4. The molecule has 0 spiro atoms. The molecule has 148 valence electrons. The Bertz CT molecular complexity index is 304. The van der Waals surface area contributed by atoms with E-state index >= 15 is 0 Å². The van der Waals surface area contributed by atoms with Crippen molar-refractivity contribution in [1.82, 2.24) is 0 Å². The van der Waals surface area contributed by atoms with Gasteiger partial charge in [0.2, 0.25) is 0 Å². The van der Waals surface area contributed by atoms with Gasteiger partial charge in [0, 0.05) is 23.9 Å². The Morgan fingerprint density at radius 2 is 0.480 bits per heavy atom. The van der Waals surface area contributed by atoms with Gasteiger partial charge in [-0.3, -0.25) is 0 Å². The van der Waals surface area contributed by atoms with Crippen LogP contribution in [0.1, 0.15) is 55.4 Å². The van der Waals surface area contributed by atoms with Crippen molar-refractivity contribution in [3.8, 4) is 0 Å². The summed E-state index contributed by atoms with van der Waals surface area (Å²) in [4.78, 5) is 38.4. The Hall–Kier alpha value is -1.50. The second-order valence-electron chi connectivity index (χ2n) is 5.89. The van der Waals surface area contributed by atoms with Crippen LogP contribution in [0.2, 0.25) is 0 Å². The first-order chi connectivity index (χ1) is 10.6. The molecule has 0 N–H and O–H groups in total. The van der Waals surface area contributed by atoms with Gasteiger partial charge in [-0.15, -0.1) is 0 Å². The topological polar surface area (TPSA) is 161 Å². The Morgan fingerprint density at radius 3 is 0.480 bits per heavy atom. The molecule has 0 aromatic heterocycles. The average Bonchev–Trinajstić information content (AvgIpc) is 2.40. The van der Waals surface area contributed by atoms with Crippen LogP contribution >= 0.6 is 0 Å². The van der Waals surface area contributed by atoms with Crippen LogP contribution in [0.25, 0.3) is 0 Å². The summed E-state index contributed by atoms with van der Waals surface area (Å²) in [7, 11) is 0. The SMILES string of the molecule is CC(C)C(=O)[O-].CC(C)C(=O)[O-].CC(C)C(=O)[O-].CC(C)C(=O)[O-].[Ru+4]. The van der Waals surface area contributed by atoms with E-state index in [1.807, 2.05) is 0 Å². The molecule has 0 aliphatic carbocycles. The molecule has 0 aliphatic heterocycles. The van der Waals surface area contributed by atoms with Crippen LogP contribution in [0, 0.1) is 23.7 Å². The van der Waals surface area contributed by atoms with E-state index in [0.29, 0.717) is 0 Å². The van der Waals surface area contributed by atoms with E-state index in [0.717, 1.165) is 0 Å². The molecule has 0 unspecified atom stereocenters. The van der Waals surface area contributed by atoms with Crippen LogP contribution in [-0.4, -0.2) is 23.9 Å². The van der Waals surface area contributed by atoms with Crippen LogP contribution in [0.3, 0.4) is 0 Å². The number of hydrogen-bond donors (Lipinski definition) is 0. The minimum Gasteiger partial charge on any atom is -0.550 e. The predicted octanol–water partition coefficient (Wildman–Crippen LogP) is -2.43. The van der Waals surface area contributed by atoms with Gasteiger partial charge in [-0.05, 0) is 23.7 Å². The smallest absolute Gasteiger partial charge is 0.550 e. The summed E-state index contributed by atoms with van der Waals surface area (Å²) >= 11 is 0. The predicted molar refractivity (Wildman–Crippen MR) is 79.4 cm³/mol. The van der Waals surface area contributed by atoms with Gasteiger partial charge in [-0.25, -0.2) is 0 Å². The Balaban J connectivity index is -0.0000000702. The second kappa shape index (κ2) is 20.5. The minimum absolute atomic E-state index is 0. The van der Waals surface area contributed by atoms with Crippen molar-refractivity contribution in [3.63, 3.8) is 0 Å². The summed E-state index contributed by atoms with van der Waals surface area (Å²) < 4.78 is 0. The summed E-state index contributed by atoms with van der Waals surface area (Å²) in [6, 6.07) is 0. The van der Waals surface area contributed by atoms with Crippen LogP contribution < -0.4 is 20.4 Å².